The number of benzene rings is 3. The number of nitrogens with zero attached hydrogens (tertiary/aromatic N) is 1. The zero-order valence-electron chi connectivity index (χ0n) is 17.0. The maximum absolute atomic E-state index is 13.3. The molecule has 0 aromatic heterocycles. The second kappa shape index (κ2) is 9.45. The van der Waals surface area contributed by atoms with Crippen molar-refractivity contribution in [3.63, 3.8) is 0 Å². The highest BCUT2D eigenvalue weighted by Gasteiger charge is 2.37. The van der Waals surface area contributed by atoms with Crippen molar-refractivity contribution in [2.45, 2.75) is 21.5 Å². The second-order valence-corrected chi connectivity index (χ2v) is 11.2. The van der Waals surface area contributed by atoms with Crippen LogP contribution in [0.1, 0.15) is 6.42 Å². The van der Waals surface area contributed by atoms with Gasteiger partial charge < -0.3 is 4.90 Å². The van der Waals surface area contributed by atoms with Crippen LogP contribution in [0, 0.1) is 0 Å². The van der Waals surface area contributed by atoms with Gasteiger partial charge in [-0.05, 0) is 42.8 Å². The molecular weight excluding hydrogens is 434 g/mol. The van der Waals surface area contributed by atoms with E-state index in [0.717, 1.165) is 0 Å². The van der Waals surface area contributed by atoms with Gasteiger partial charge in [0.15, 0.2) is 19.7 Å². The molecule has 0 N–H and O–H groups in total. The minimum atomic E-state index is -4.11. The molecule has 8 heteroatoms. The number of anilines is 1. The van der Waals surface area contributed by atoms with E-state index < -0.39 is 36.6 Å². The van der Waals surface area contributed by atoms with Gasteiger partial charge in [-0.1, -0.05) is 54.6 Å². The number of para-hydroxylation sites is 1. The summed E-state index contributed by atoms with van der Waals surface area (Å²) in [5.41, 5.74) is 0.520. The minimum Gasteiger partial charge on any atom is -0.314 e. The molecule has 0 aliphatic carbocycles. The van der Waals surface area contributed by atoms with Crippen molar-refractivity contribution in [3.05, 3.63) is 91.0 Å². The van der Waals surface area contributed by atoms with Crippen LogP contribution in [0.2, 0.25) is 0 Å². The van der Waals surface area contributed by atoms with Gasteiger partial charge in [0, 0.05) is 12.7 Å². The van der Waals surface area contributed by atoms with Gasteiger partial charge in [-0.15, -0.1) is 0 Å². The Kier molecular flexibility index (Phi) is 6.92. The van der Waals surface area contributed by atoms with E-state index in [1.165, 1.54) is 36.2 Å². The summed E-state index contributed by atoms with van der Waals surface area (Å²) < 4.78 is 52.1. The third-order valence-corrected chi connectivity index (χ3v) is 8.83. The van der Waals surface area contributed by atoms with Crippen molar-refractivity contribution in [3.8, 4) is 0 Å². The van der Waals surface area contributed by atoms with Crippen LogP contribution >= 0.6 is 0 Å². The molecule has 0 bridgehead atoms. The predicted molar refractivity (Wildman–Crippen MR) is 120 cm³/mol. The summed E-state index contributed by atoms with van der Waals surface area (Å²) in [6, 6.07) is 24.0. The molecule has 162 valence electrons. The van der Waals surface area contributed by atoms with E-state index in [-0.39, 0.29) is 16.2 Å². The van der Waals surface area contributed by atoms with Gasteiger partial charge >= 0.3 is 0 Å². The van der Waals surface area contributed by atoms with E-state index in [2.05, 4.69) is 0 Å². The zero-order valence-corrected chi connectivity index (χ0v) is 18.6. The Hall–Kier alpha value is -2.97. The quantitative estimate of drug-likeness (QED) is 0.518. The van der Waals surface area contributed by atoms with Crippen LogP contribution < -0.4 is 4.90 Å². The Morgan fingerprint density at radius 3 is 1.71 bits per heavy atom. The lowest BCUT2D eigenvalue weighted by Gasteiger charge is -2.24. The average Bonchev–Trinajstić information content (AvgIpc) is 2.80. The molecule has 0 aliphatic heterocycles. The first-order chi connectivity index (χ1) is 14.7. The SMILES string of the molecule is CN(C(=O)[C@H](CCS(=O)(=O)c1ccccc1)S(=O)(=O)c1ccccc1)c1ccccc1. The van der Waals surface area contributed by atoms with Crippen molar-refractivity contribution in [1.29, 1.82) is 0 Å². The smallest absolute Gasteiger partial charge is 0.245 e. The molecule has 3 rings (SSSR count). The molecule has 3 aromatic carbocycles. The van der Waals surface area contributed by atoms with Gasteiger partial charge in [0.25, 0.3) is 0 Å². The molecule has 6 nitrogen and oxygen atoms in total. The molecule has 0 unspecified atom stereocenters. The largest absolute Gasteiger partial charge is 0.314 e. The molecule has 0 fully saturated rings. The van der Waals surface area contributed by atoms with E-state index >= 15 is 0 Å². The lowest BCUT2D eigenvalue weighted by atomic mass is 10.2. The minimum absolute atomic E-state index is 0.0214. The summed E-state index contributed by atoms with van der Waals surface area (Å²) in [5.74, 6) is -1.15. The van der Waals surface area contributed by atoms with Gasteiger partial charge in [0.2, 0.25) is 5.91 Å². The Balaban J connectivity index is 1.96. The molecule has 0 aliphatic rings. The number of amides is 1. The fourth-order valence-corrected chi connectivity index (χ4v) is 6.41. The summed E-state index contributed by atoms with van der Waals surface area (Å²) in [6.07, 6.45) is -0.357. The molecule has 0 heterocycles. The first kappa shape index (κ1) is 22.7. The van der Waals surface area contributed by atoms with Crippen LogP contribution in [0.4, 0.5) is 5.69 Å². The van der Waals surface area contributed by atoms with Crippen LogP contribution in [-0.4, -0.2) is 40.8 Å². The molecule has 31 heavy (non-hydrogen) atoms. The lowest BCUT2D eigenvalue weighted by molar-refractivity contribution is -0.118. The molecule has 0 spiro atoms. The molecule has 0 saturated heterocycles. The van der Waals surface area contributed by atoms with E-state index in [4.69, 9.17) is 0 Å². The van der Waals surface area contributed by atoms with E-state index in [1.54, 1.807) is 66.7 Å². The summed E-state index contributed by atoms with van der Waals surface area (Å²) in [4.78, 5) is 14.6. The Bertz CT molecular complexity index is 1230. The van der Waals surface area contributed by atoms with E-state index in [9.17, 15) is 21.6 Å². The van der Waals surface area contributed by atoms with E-state index in [1.807, 2.05) is 0 Å². The Morgan fingerprint density at radius 2 is 1.19 bits per heavy atom. The molecule has 1 atom stereocenters. The average molecular weight is 458 g/mol. The lowest BCUT2D eigenvalue weighted by Crippen LogP contribution is -2.42. The molecule has 3 aromatic rings. The van der Waals surface area contributed by atoms with Crippen molar-refractivity contribution in [2.24, 2.45) is 0 Å². The van der Waals surface area contributed by atoms with E-state index in [0.29, 0.717) is 5.69 Å². The highest BCUT2D eigenvalue weighted by molar-refractivity contribution is 7.93. The number of rotatable bonds is 8. The summed E-state index contributed by atoms with van der Waals surface area (Å²) in [6.45, 7) is 0. The fourth-order valence-electron chi connectivity index (χ4n) is 3.19. The monoisotopic (exact) mass is 457 g/mol. The van der Waals surface area contributed by atoms with Crippen LogP contribution in [0.25, 0.3) is 0 Å². The zero-order chi connectivity index (χ0) is 22.5. The molecular formula is C23H23NO5S2. The van der Waals surface area contributed by atoms with Crippen LogP contribution in [0.15, 0.2) is 101 Å². The van der Waals surface area contributed by atoms with Crippen molar-refractivity contribution in [1.82, 2.24) is 0 Å². The van der Waals surface area contributed by atoms with Crippen LogP contribution in [0.3, 0.4) is 0 Å². The van der Waals surface area contributed by atoms with Gasteiger partial charge in [-0.25, -0.2) is 16.8 Å². The summed E-state index contributed by atoms with van der Waals surface area (Å²) in [7, 11) is -6.39. The van der Waals surface area contributed by atoms with Gasteiger partial charge in [0.1, 0.15) is 5.25 Å². The highest BCUT2D eigenvalue weighted by atomic mass is 32.2. The van der Waals surface area contributed by atoms with Gasteiger partial charge in [-0.3, -0.25) is 4.79 Å². The first-order valence-electron chi connectivity index (χ1n) is 9.63. The predicted octanol–water partition coefficient (Wildman–Crippen LogP) is 3.36. The van der Waals surface area contributed by atoms with Crippen molar-refractivity contribution < 1.29 is 21.6 Å². The number of hydrogen-bond donors (Lipinski definition) is 0. The maximum atomic E-state index is 13.3. The number of hydrogen-bond acceptors (Lipinski definition) is 5. The van der Waals surface area contributed by atoms with Crippen LogP contribution in [-0.2, 0) is 24.5 Å². The third-order valence-electron chi connectivity index (χ3n) is 4.95. The maximum Gasteiger partial charge on any atom is 0.245 e. The number of carbonyl (C=O) groups excluding carboxylic acids is 1. The van der Waals surface area contributed by atoms with Gasteiger partial charge in [-0.2, -0.15) is 0 Å². The highest BCUT2D eigenvalue weighted by Crippen LogP contribution is 2.24. The molecule has 1 amide bonds. The van der Waals surface area contributed by atoms with Crippen LogP contribution in [0.5, 0.6) is 0 Å². The Morgan fingerprint density at radius 1 is 0.742 bits per heavy atom. The second-order valence-electron chi connectivity index (χ2n) is 7.00. The normalized spacial score (nSPS) is 12.8. The van der Waals surface area contributed by atoms with Crippen molar-refractivity contribution >= 4 is 31.3 Å². The number of sulfone groups is 2. The number of carbonyl (C=O) groups is 1. The third kappa shape index (κ3) is 5.21. The summed E-state index contributed by atoms with van der Waals surface area (Å²) >= 11 is 0. The molecule has 0 saturated carbocycles. The Labute approximate surface area is 183 Å². The fraction of sp³-hybridized carbons (Fsp3) is 0.174. The standard InChI is InChI=1S/C23H23NO5S2/c1-24(19-11-5-2-6-12-19)23(25)22(31(28,29)21-15-9-4-10-16-21)17-18-30(26,27)20-13-7-3-8-14-20/h2-16,22H,17-18H2,1H3/t22-/m0/s1. The first-order valence-corrected chi connectivity index (χ1v) is 12.8. The van der Waals surface area contributed by atoms with Gasteiger partial charge in [0.05, 0.1) is 15.5 Å². The molecule has 0 radical (unpaired) electrons. The van der Waals surface area contributed by atoms with Crippen molar-refractivity contribution in [2.75, 3.05) is 17.7 Å². The summed E-state index contributed by atoms with van der Waals surface area (Å²) in [5, 5.41) is -1.54. The topological polar surface area (TPSA) is 88.6 Å².